The summed E-state index contributed by atoms with van der Waals surface area (Å²) in [5, 5.41) is 27.0. The smallest absolute Gasteiger partial charge is 0.179 e. The molecule has 2 aromatic carbocycles. The van der Waals surface area contributed by atoms with Crippen molar-refractivity contribution in [2.75, 3.05) is 5.32 Å². The van der Waals surface area contributed by atoms with Crippen molar-refractivity contribution in [1.82, 2.24) is 5.16 Å². The van der Waals surface area contributed by atoms with Gasteiger partial charge in [-0.3, -0.25) is 0 Å². The van der Waals surface area contributed by atoms with Gasteiger partial charge in [-0.1, -0.05) is 47.6 Å². The lowest BCUT2D eigenvalue weighted by Gasteiger charge is -2.04. The summed E-state index contributed by atoms with van der Waals surface area (Å²) in [4.78, 5) is 10.7. The van der Waals surface area contributed by atoms with E-state index in [4.69, 9.17) is 4.52 Å². The Balaban J connectivity index is 1.77. The van der Waals surface area contributed by atoms with Crippen LogP contribution >= 0.6 is 0 Å². The predicted octanol–water partition coefficient (Wildman–Crippen LogP) is 2.66. The summed E-state index contributed by atoms with van der Waals surface area (Å²) in [5.41, 5.74) is 2.41. The fourth-order valence-electron chi connectivity index (χ4n) is 2.23. The second kappa shape index (κ2) is 7.15. The molecule has 0 atom stereocenters. The van der Waals surface area contributed by atoms with Crippen molar-refractivity contribution in [3.05, 3.63) is 77.7 Å². The Labute approximate surface area is 143 Å². The Morgan fingerprint density at radius 1 is 1.16 bits per heavy atom. The third-order valence-electron chi connectivity index (χ3n) is 3.48. The number of hydrogen-bond acceptors (Lipinski definition) is 6. The zero-order valence-electron chi connectivity index (χ0n) is 13.0. The SMILES string of the molecule is N#Cc1c(-c2ccccc2)noc1/C=C/Nc1ccc(C(=O)[O-])cc1. The van der Waals surface area contributed by atoms with Crippen LogP contribution in [0, 0.1) is 11.3 Å². The van der Waals surface area contributed by atoms with Gasteiger partial charge in [-0.15, -0.1) is 0 Å². The first-order chi connectivity index (χ1) is 12.2. The minimum Gasteiger partial charge on any atom is -0.545 e. The number of aromatic carboxylic acids is 1. The summed E-state index contributed by atoms with van der Waals surface area (Å²) in [7, 11) is 0. The van der Waals surface area contributed by atoms with Crippen LogP contribution in [0.25, 0.3) is 17.3 Å². The van der Waals surface area contributed by atoms with Crippen LogP contribution in [0.4, 0.5) is 5.69 Å². The molecule has 122 valence electrons. The van der Waals surface area contributed by atoms with Crippen molar-refractivity contribution in [1.29, 1.82) is 5.26 Å². The van der Waals surface area contributed by atoms with E-state index in [0.29, 0.717) is 22.7 Å². The van der Waals surface area contributed by atoms with Crippen LogP contribution in [0.2, 0.25) is 0 Å². The third-order valence-corrected chi connectivity index (χ3v) is 3.48. The highest BCUT2D eigenvalue weighted by Crippen LogP contribution is 2.25. The lowest BCUT2D eigenvalue weighted by Crippen LogP contribution is -2.21. The van der Waals surface area contributed by atoms with E-state index in [-0.39, 0.29) is 5.56 Å². The molecule has 0 aliphatic carbocycles. The van der Waals surface area contributed by atoms with Crippen LogP contribution in [0.1, 0.15) is 21.7 Å². The Hall–Kier alpha value is -3.85. The molecule has 0 amide bonds. The molecular formula is C19H12N3O3-. The second-order valence-corrected chi connectivity index (χ2v) is 5.09. The number of anilines is 1. The van der Waals surface area contributed by atoms with E-state index < -0.39 is 5.97 Å². The number of hydrogen-bond donors (Lipinski definition) is 1. The molecule has 1 aromatic heterocycles. The van der Waals surface area contributed by atoms with Crippen molar-refractivity contribution >= 4 is 17.7 Å². The molecule has 0 aliphatic rings. The molecule has 0 fully saturated rings. The zero-order valence-corrected chi connectivity index (χ0v) is 13.0. The van der Waals surface area contributed by atoms with Crippen LogP contribution in [-0.2, 0) is 0 Å². The number of carbonyl (C=O) groups is 1. The number of benzene rings is 2. The van der Waals surface area contributed by atoms with Crippen LogP contribution in [0.3, 0.4) is 0 Å². The molecule has 25 heavy (non-hydrogen) atoms. The summed E-state index contributed by atoms with van der Waals surface area (Å²) in [6.07, 6.45) is 3.18. The first kappa shape index (κ1) is 16.0. The maximum absolute atomic E-state index is 10.7. The Bertz CT molecular complexity index is 952. The highest BCUT2D eigenvalue weighted by Gasteiger charge is 2.15. The zero-order chi connectivity index (χ0) is 17.6. The van der Waals surface area contributed by atoms with Crippen molar-refractivity contribution in [3.8, 4) is 17.3 Å². The van der Waals surface area contributed by atoms with Gasteiger partial charge in [0.2, 0.25) is 0 Å². The molecule has 0 bridgehead atoms. The fraction of sp³-hybridized carbons (Fsp3) is 0. The Kier molecular flexibility index (Phi) is 4.58. The molecule has 6 heteroatoms. The largest absolute Gasteiger partial charge is 0.545 e. The summed E-state index contributed by atoms with van der Waals surface area (Å²) in [6, 6.07) is 17.5. The molecule has 0 unspecified atom stereocenters. The number of rotatable bonds is 5. The number of aromatic nitrogens is 1. The molecular weight excluding hydrogens is 318 g/mol. The van der Waals surface area contributed by atoms with Crippen molar-refractivity contribution in [3.63, 3.8) is 0 Å². The average molecular weight is 330 g/mol. The van der Waals surface area contributed by atoms with Gasteiger partial charge in [-0.05, 0) is 17.7 Å². The number of nitriles is 1. The second-order valence-electron chi connectivity index (χ2n) is 5.09. The number of nitrogens with one attached hydrogen (secondary N) is 1. The van der Waals surface area contributed by atoms with E-state index in [1.807, 2.05) is 30.3 Å². The quantitative estimate of drug-likeness (QED) is 0.771. The van der Waals surface area contributed by atoms with Crippen molar-refractivity contribution in [2.45, 2.75) is 0 Å². The minimum atomic E-state index is -1.23. The van der Waals surface area contributed by atoms with Gasteiger partial charge in [-0.25, -0.2) is 0 Å². The van der Waals surface area contributed by atoms with Gasteiger partial charge < -0.3 is 19.7 Å². The van der Waals surface area contributed by atoms with Gasteiger partial charge in [0.1, 0.15) is 17.3 Å². The molecule has 1 heterocycles. The number of carboxylic acid groups (broad SMARTS) is 1. The highest BCUT2D eigenvalue weighted by atomic mass is 16.5. The number of carbonyl (C=O) groups excluding carboxylic acids is 1. The van der Waals surface area contributed by atoms with Crippen LogP contribution in [-0.4, -0.2) is 11.1 Å². The molecule has 0 aliphatic heterocycles. The normalized spacial score (nSPS) is 10.5. The lowest BCUT2D eigenvalue weighted by molar-refractivity contribution is -0.255. The summed E-state index contributed by atoms with van der Waals surface area (Å²) in [6.45, 7) is 0. The molecule has 0 saturated carbocycles. The molecule has 0 saturated heterocycles. The first-order valence-corrected chi connectivity index (χ1v) is 7.38. The summed E-state index contributed by atoms with van der Waals surface area (Å²) < 4.78 is 5.24. The number of nitrogens with zero attached hydrogens (tertiary/aromatic N) is 2. The van der Waals surface area contributed by atoms with Gasteiger partial charge in [-0.2, -0.15) is 5.26 Å². The molecule has 0 spiro atoms. The van der Waals surface area contributed by atoms with Gasteiger partial charge in [0.15, 0.2) is 5.76 Å². The third kappa shape index (κ3) is 3.57. The van der Waals surface area contributed by atoms with E-state index in [0.717, 1.165) is 5.56 Å². The van der Waals surface area contributed by atoms with E-state index in [1.165, 1.54) is 12.1 Å². The highest BCUT2D eigenvalue weighted by molar-refractivity contribution is 5.86. The maximum Gasteiger partial charge on any atom is 0.179 e. The van der Waals surface area contributed by atoms with Crippen molar-refractivity contribution in [2.24, 2.45) is 0 Å². The van der Waals surface area contributed by atoms with Gasteiger partial charge in [0.05, 0.1) is 5.97 Å². The Morgan fingerprint density at radius 2 is 1.88 bits per heavy atom. The standard InChI is InChI=1S/C19H13N3O3/c20-12-16-17(25-22-18(16)13-4-2-1-3-5-13)10-11-21-15-8-6-14(7-9-15)19(23)24/h1-11,21H,(H,23,24)/p-1/b11-10+. The fourth-order valence-corrected chi connectivity index (χ4v) is 2.23. The molecule has 6 nitrogen and oxygen atoms in total. The van der Waals surface area contributed by atoms with E-state index >= 15 is 0 Å². The minimum absolute atomic E-state index is 0.101. The summed E-state index contributed by atoms with van der Waals surface area (Å²) >= 11 is 0. The predicted molar refractivity (Wildman–Crippen MR) is 90.1 cm³/mol. The van der Waals surface area contributed by atoms with Crippen LogP contribution < -0.4 is 10.4 Å². The average Bonchev–Trinajstić information content (AvgIpc) is 3.06. The van der Waals surface area contributed by atoms with E-state index in [1.54, 1.807) is 24.4 Å². The molecule has 0 radical (unpaired) electrons. The van der Waals surface area contributed by atoms with E-state index in [2.05, 4.69) is 16.5 Å². The first-order valence-electron chi connectivity index (χ1n) is 7.38. The summed E-state index contributed by atoms with van der Waals surface area (Å²) in [5.74, 6) is -0.893. The van der Waals surface area contributed by atoms with Gasteiger partial charge in [0, 0.05) is 23.5 Å². The van der Waals surface area contributed by atoms with E-state index in [9.17, 15) is 15.2 Å². The molecule has 3 aromatic rings. The van der Waals surface area contributed by atoms with Gasteiger partial charge >= 0.3 is 0 Å². The van der Waals surface area contributed by atoms with Gasteiger partial charge in [0.25, 0.3) is 0 Å². The number of carboxylic acids is 1. The Morgan fingerprint density at radius 3 is 2.52 bits per heavy atom. The van der Waals surface area contributed by atoms with Crippen LogP contribution in [0.5, 0.6) is 0 Å². The topological polar surface area (TPSA) is 102 Å². The lowest BCUT2D eigenvalue weighted by atomic mass is 10.1. The van der Waals surface area contributed by atoms with Crippen molar-refractivity contribution < 1.29 is 14.4 Å². The molecule has 1 N–H and O–H groups in total. The monoisotopic (exact) mass is 330 g/mol. The maximum atomic E-state index is 10.7. The molecule has 3 rings (SSSR count). The van der Waals surface area contributed by atoms with Crippen LogP contribution in [0.15, 0.2) is 65.3 Å².